The van der Waals surface area contributed by atoms with Crippen LogP contribution in [0.25, 0.3) is 22.2 Å². The summed E-state index contributed by atoms with van der Waals surface area (Å²) in [6, 6.07) is 10.6. The van der Waals surface area contributed by atoms with Gasteiger partial charge in [0.25, 0.3) is 0 Å². The molecule has 0 amide bonds. The summed E-state index contributed by atoms with van der Waals surface area (Å²) in [4.78, 5) is 40.9. The normalized spacial score (nSPS) is 10.6. The van der Waals surface area contributed by atoms with Crippen LogP contribution >= 0.6 is 0 Å². The van der Waals surface area contributed by atoms with Gasteiger partial charge in [0.2, 0.25) is 5.78 Å². The Morgan fingerprint density at radius 1 is 1.04 bits per heavy atom. The lowest BCUT2D eigenvalue weighted by atomic mass is 10.0. The summed E-state index contributed by atoms with van der Waals surface area (Å²) in [6.07, 6.45) is 2.74. The van der Waals surface area contributed by atoms with Crippen LogP contribution in [0.15, 0.2) is 48.8 Å². The average Bonchev–Trinajstić information content (AvgIpc) is 2.98. The average molecular weight is 308 g/mol. The van der Waals surface area contributed by atoms with Gasteiger partial charge in [-0.15, -0.1) is 0 Å². The van der Waals surface area contributed by atoms with Gasteiger partial charge < -0.3 is 10.1 Å². The van der Waals surface area contributed by atoms with Gasteiger partial charge in [-0.1, -0.05) is 0 Å². The van der Waals surface area contributed by atoms with Crippen molar-refractivity contribution < 1.29 is 19.5 Å². The van der Waals surface area contributed by atoms with E-state index in [1.165, 1.54) is 0 Å². The zero-order valence-corrected chi connectivity index (χ0v) is 11.9. The second-order valence-electron chi connectivity index (χ2n) is 5.05. The van der Waals surface area contributed by atoms with Gasteiger partial charge in [0.05, 0.1) is 6.42 Å². The fourth-order valence-corrected chi connectivity index (χ4v) is 2.32. The fraction of sp³-hybridized carbons (Fsp3) is 0.0588. The molecule has 0 saturated carbocycles. The predicted octanol–water partition coefficient (Wildman–Crippen LogP) is 2.46. The van der Waals surface area contributed by atoms with Crippen LogP contribution in [0.1, 0.15) is 16.8 Å². The molecule has 0 saturated heterocycles. The number of benzene rings is 1. The Balaban J connectivity index is 1.92. The van der Waals surface area contributed by atoms with Gasteiger partial charge in [-0.05, 0) is 36.4 Å². The molecule has 23 heavy (non-hydrogen) atoms. The molecule has 0 atom stereocenters. The molecule has 6 heteroatoms. The molecular weight excluding hydrogens is 296 g/mol. The molecule has 3 rings (SSSR count). The maximum absolute atomic E-state index is 12.0. The highest BCUT2D eigenvalue weighted by molar-refractivity contribution is 6.37. The summed E-state index contributed by atoms with van der Waals surface area (Å²) in [7, 11) is 0. The number of Topliss-reactive ketones (excluding diaryl/α,β-unsaturated/α-hetero) is 2. The monoisotopic (exact) mass is 308 g/mol. The van der Waals surface area contributed by atoms with Crippen molar-refractivity contribution in [1.29, 1.82) is 0 Å². The molecule has 0 unspecified atom stereocenters. The van der Waals surface area contributed by atoms with Crippen molar-refractivity contribution in [3.8, 4) is 11.3 Å². The van der Waals surface area contributed by atoms with E-state index >= 15 is 0 Å². The first-order valence-corrected chi connectivity index (χ1v) is 6.87. The zero-order chi connectivity index (χ0) is 16.4. The van der Waals surface area contributed by atoms with E-state index in [1.54, 1.807) is 30.6 Å². The van der Waals surface area contributed by atoms with E-state index < -0.39 is 24.0 Å². The van der Waals surface area contributed by atoms with Gasteiger partial charge in [0.1, 0.15) is 0 Å². The van der Waals surface area contributed by atoms with Crippen LogP contribution in [0.5, 0.6) is 0 Å². The van der Waals surface area contributed by atoms with E-state index in [0.29, 0.717) is 5.56 Å². The number of hydrogen-bond acceptors (Lipinski definition) is 4. The van der Waals surface area contributed by atoms with E-state index in [9.17, 15) is 14.4 Å². The number of nitrogens with one attached hydrogen (secondary N) is 1. The number of aromatic nitrogens is 2. The lowest BCUT2D eigenvalue weighted by molar-refractivity contribution is -0.148. The van der Waals surface area contributed by atoms with E-state index in [-0.39, 0.29) is 0 Å². The minimum Gasteiger partial charge on any atom is -0.475 e. The number of rotatable bonds is 5. The van der Waals surface area contributed by atoms with Gasteiger partial charge in [-0.25, -0.2) is 4.79 Å². The van der Waals surface area contributed by atoms with Crippen molar-refractivity contribution in [2.75, 3.05) is 0 Å². The Morgan fingerprint density at radius 2 is 1.78 bits per heavy atom. The van der Waals surface area contributed by atoms with Crippen molar-refractivity contribution in [2.45, 2.75) is 6.42 Å². The molecule has 2 aromatic heterocycles. The van der Waals surface area contributed by atoms with Crippen LogP contribution in [-0.2, 0) is 9.59 Å². The van der Waals surface area contributed by atoms with E-state index in [1.807, 2.05) is 18.2 Å². The number of aromatic amines is 1. The Bertz CT molecular complexity index is 913. The molecule has 2 N–H and O–H groups in total. The summed E-state index contributed by atoms with van der Waals surface area (Å²) < 4.78 is 0. The van der Waals surface area contributed by atoms with Gasteiger partial charge in [0, 0.05) is 40.1 Å². The number of aliphatic carboxylic acids is 1. The first-order chi connectivity index (χ1) is 11.0. The molecule has 3 aromatic rings. The molecule has 0 bridgehead atoms. The largest absolute Gasteiger partial charge is 0.475 e. The SMILES string of the molecule is O=C(O)C(=O)CC(=O)c1ccc2[nH]c(-c3ccncc3)cc2c1. The Hall–Kier alpha value is -3.28. The number of pyridine rings is 1. The molecule has 0 aliphatic rings. The zero-order valence-electron chi connectivity index (χ0n) is 11.9. The third-order valence-electron chi connectivity index (χ3n) is 3.49. The minimum atomic E-state index is -1.60. The van der Waals surface area contributed by atoms with Gasteiger partial charge in [-0.2, -0.15) is 0 Å². The van der Waals surface area contributed by atoms with E-state index in [2.05, 4.69) is 9.97 Å². The standard InChI is InChI=1S/C17H12N2O4/c20-15(9-16(21)17(22)23)11-1-2-13-12(7-11)8-14(19-13)10-3-5-18-6-4-10/h1-8,19H,9H2,(H,22,23). The summed E-state index contributed by atoms with van der Waals surface area (Å²) in [6.45, 7) is 0. The maximum atomic E-state index is 12.0. The highest BCUT2D eigenvalue weighted by Crippen LogP contribution is 2.24. The topological polar surface area (TPSA) is 100 Å². The molecule has 1 aromatic carbocycles. The van der Waals surface area contributed by atoms with E-state index in [4.69, 9.17) is 5.11 Å². The first-order valence-electron chi connectivity index (χ1n) is 6.87. The number of H-pyrrole nitrogens is 1. The quantitative estimate of drug-likeness (QED) is 0.428. The van der Waals surface area contributed by atoms with Crippen LogP contribution in [0.2, 0.25) is 0 Å². The lowest BCUT2D eigenvalue weighted by Crippen LogP contribution is -2.17. The van der Waals surface area contributed by atoms with Crippen molar-refractivity contribution in [1.82, 2.24) is 9.97 Å². The van der Waals surface area contributed by atoms with Crippen LogP contribution in [0.3, 0.4) is 0 Å². The van der Waals surface area contributed by atoms with Gasteiger partial charge >= 0.3 is 5.97 Å². The van der Waals surface area contributed by atoms with Crippen LogP contribution in [-0.4, -0.2) is 32.6 Å². The van der Waals surface area contributed by atoms with Crippen LogP contribution in [0, 0.1) is 0 Å². The summed E-state index contributed by atoms with van der Waals surface area (Å²) in [5, 5.41) is 9.38. The molecule has 114 valence electrons. The Morgan fingerprint density at radius 3 is 2.48 bits per heavy atom. The second-order valence-corrected chi connectivity index (χ2v) is 5.05. The van der Waals surface area contributed by atoms with Crippen molar-refractivity contribution in [3.63, 3.8) is 0 Å². The minimum absolute atomic E-state index is 0.312. The molecule has 0 fully saturated rings. The van der Waals surface area contributed by atoms with Crippen molar-refractivity contribution >= 4 is 28.4 Å². The number of ketones is 2. The molecule has 0 aliphatic carbocycles. The fourth-order valence-electron chi connectivity index (χ4n) is 2.32. The summed E-state index contributed by atoms with van der Waals surface area (Å²) in [5.41, 5.74) is 3.00. The number of hydrogen-bond donors (Lipinski definition) is 2. The third-order valence-corrected chi connectivity index (χ3v) is 3.49. The van der Waals surface area contributed by atoms with Crippen molar-refractivity contribution in [3.05, 3.63) is 54.4 Å². The molecule has 0 aliphatic heterocycles. The van der Waals surface area contributed by atoms with Crippen LogP contribution < -0.4 is 0 Å². The number of fused-ring (bicyclic) bond motifs is 1. The number of nitrogens with zero attached hydrogens (tertiary/aromatic N) is 1. The van der Waals surface area contributed by atoms with Crippen molar-refractivity contribution in [2.24, 2.45) is 0 Å². The highest BCUT2D eigenvalue weighted by Gasteiger charge is 2.18. The molecule has 0 radical (unpaired) electrons. The summed E-state index contributed by atoms with van der Waals surface area (Å²) in [5.74, 6) is -3.21. The molecular formula is C17H12N2O4. The summed E-state index contributed by atoms with van der Waals surface area (Å²) >= 11 is 0. The Labute approximate surface area is 130 Å². The molecule has 0 spiro atoms. The smallest absolute Gasteiger partial charge is 0.372 e. The second kappa shape index (κ2) is 5.84. The highest BCUT2D eigenvalue weighted by atomic mass is 16.4. The first kappa shape index (κ1) is 14.6. The lowest BCUT2D eigenvalue weighted by Gasteiger charge is -1.99. The number of carbonyl (C=O) groups excluding carboxylic acids is 2. The predicted molar refractivity (Wildman–Crippen MR) is 83.1 cm³/mol. The van der Waals surface area contributed by atoms with Crippen LogP contribution in [0.4, 0.5) is 0 Å². The molecule has 2 heterocycles. The van der Waals surface area contributed by atoms with Gasteiger partial charge in [-0.3, -0.25) is 14.6 Å². The van der Waals surface area contributed by atoms with Gasteiger partial charge in [0.15, 0.2) is 5.78 Å². The number of carboxylic acids is 1. The molecule has 6 nitrogen and oxygen atoms in total. The maximum Gasteiger partial charge on any atom is 0.372 e. The van der Waals surface area contributed by atoms with E-state index in [0.717, 1.165) is 22.2 Å². The third kappa shape index (κ3) is 3.01. The Kier molecular flexibility index (Phi) is 3.72. The number of carboxylic acid groups (broad SMARTS) is 1. The number of carbonyl (C=O) groups is 3.